The Kier molecular flexibility index (Phi) is 53.0. The molecular formula is C63H102O6. The molecule has 0 saturated heterocycles. The molecule has 0 N–H and O–H groups in total. The maximum absolute atomic E-state index is 12.8. The van der Waals surface area contributed by atoms with Gasteiger partial charge in [0, 0.05) is 19.3 Å². The van der Waals surface area contributed by atoms with E-state index >= 15 is 0 Å². The van der Waals surface area contributed by atoms with E-state index in [4.69, 9.17) is 14.2 Å². The number of ether oxygens (including phenoxy) is 3. The van der Waals surface area contributed by atoms with Gasteiger partial charge in [-0.05, 0) is 135 Å². The molecule has 0 radical (unpaired) electrons. The molecule has 0 aliphatic heterocycles. The standard InChI is InChI=1S/C63H102O6/c1-4-7-10-13-16-19-22-25-28-31-34-37-40-43-46-49-52-55-61(64)67-58-60(69-63(66)57-54-51-48-45-42-39-36-33-30-27-24-21-18-15-12-9-6-3)59-68-62(65)56-53-50-47-44-41-38-35-32-29-26-23-20-17-14-11-8-5-2/h9,12,16-21,25-30,34-39,60H,4-8,10-11,13-15,22-24,31-33,40-59H2,1-3H3/b12-9-,19-16-,20-17-,21-18-,28-25-,29-26-,30-27-,37-34-,38-35-,39-36-. The Morgan fingerprint density at radius 2 is 0.565 bits per heavy atom. The molecule has 0 amide bonds. The van der Waals surface area contributed by atoms with Crippen LogP contribution in [0.5, 0.6) is 0 Å². The van der Waals surface area contributed by atoms with Crippen LogP contribution in [-0.4, -0.2) is 37.2 Å². The zero-order chi connectivity index (χ0) is 50.0. The highest BCUT2D eigenvalue weighted by Gasteiger charge is 2.19. The molecule has 0 aromatic heterocycles. The van der Waals surface area contributed by atoms with Gasteiger partial charge in [0.05, 0.1) is 0 Å². The summed E-state index contributed by atoms with van der Waals surface area (Å²) >= 11 is 0. The molecule has 0 rings (SSSR count). The van der Waals surface area contributed by atoms with Gasteiger partial charge >= 0.3 is 17.9 Å². The van der Waals surface area contributed by atoms with E-state index in [1.54, 1.807) is 0 Å². The van der Waals surface area contributed by atoms with Gasteiger partial charge in [-0.25, -0.2) is 0 Å². The van der Waals surface area contributed by atoms with Gasteiger partial charge in [0.2, 0.25) is 0 Å². The summed E-state index contributed by atoms with van der Waals surface area (Å²) in [7, 11) is 0. The SMILES string of the molecule is CC/C=C\C/C=C\C/C=C\C/C=C\CCCCCCC(=O)OC(COC(=O)CCCCCC/C=C\C/C=C\C/C=C\CCCCC)COC(=O)CCCCCC/C=C\C/C=C\C/C=C\CCCCC. The molecule has 0 heterocycles. The summed E-state index contributed by atoms with van der Waals surface area (Å²) in [5.41, 5.74) is 0. The van der Waals surface area contributed by atoms with Crippen LogP contribution in [0.25, 0.3) is 0 Å². The van der Waals surface area contributed by atoms with Crippen LogP contribution in [0.15, 0.2) is 122 Å². The van der Waals surface area contributed by atoms with Crippen LogP contribution in [0.1, 0.15) is 239 Å². The van der Waals surface area contributed by atoms with Crippen molar-refractivity contribution in [3.63, 3.8) is 0 Å². The molecule has 0 fully saturated rings. The number of hydrogen-bond acceptors (Lipinski definition) is 6. The number of carbonyl (C=O) groups is 3. The molecular weight excluding hydrogens is 853 g/mol. The Morgan fingerprint density at radius 3 is 0.870 bits per heavy atom. The number of carbonyl (C=O) groups excluding carboxylic acids is 3. The quantitative estimate of drug-likeness (QED) is 0.0262. The lowest BCUT2D eigenvalue weighted by Crippen LogP contribution is -2.30. The van der Waals surface area contributed by atoms with Crippen molar-refractivity contribution < 1.29 is 28.6 Å². The van der Waals surface area contributed by atoms with Crippen molar-refractivity contribution in [3.05, 3.63) is 122 Å². The first-order valence-corrected chi connectivity index (χ1v) is 28.0. The van der Waals surface area contributed by atoms with E-state index < -0.39 is 6.10 Å². The van der Waals surface area contributed by atoms with Gasteiger partial charge in [-0.15, -0.1) is 0 Å². The summed E-state index contributed by atoms with van der Waals surface area (Å²) in [5, 5.41) is 0. The van der Waals surface area contributed by atoms with E-state index in [1.165, 1.54) is 51.4 Å². The third-order valence-corrected chi connectivity index (χ3v) is 11.4. The second-order valence-corrected chi connectivity index (χ2v) is 18.1. The molecule has 390 valence electrons. The molecule has 69 heavy (non-hydrogen) atoms. The minimum Gasteiger partial charge on any atom is -0.462 e. The Balaban J connectivity index is 4.54. The van der Waals surface area contributed by atoms with Crippen LogP contribution in [0.2, 0.25) is 0 Å². The lowest BCUT2D eigenvalue weighted by molar-refractivity contribution is -0.167. The Hall–Kier alpha value is -4.19. The fraction of sp³-hybridized carbons (Fsp3) is 0.635. The third kappa shape index (κ3) is 54.6. The summed E-state index contributed by atoms with van der Waals surface area (Å²) in [4.78, 5) is 38.1. The number of esters is 3. The maximum Gasteiger partial charge on any atom is 0.306 e. The van der Waals surface area contributed by atoms with Gasteiger partial charge in [0.15, 0.2) is 6.10 Å². The predicted octanol–water partition coefficient (Wildman–Crippen LogP) is 18.9. The summed E-state index contributed by atoms with van der Waals surface area (Å²) in [5.74, 6) is -0.979. The van der Waals surface area contributed by atoms with E-state index in [-0.39, 0.29) is 37.5 Å². The van der Waals surface area contributed by atoms with Gasteiger partial charge in [-0.3, -0.25) is 14.4 Å². The monoisotopic (exact) mass is 955 g/mol. The van der Waals surface area contributed by atoms with Crippen LogP contribution in [0.4, 0.5) is 0 Å². The number of unbranched alkanes of at least 4 members (excludes halogenated alkanes) is 18. The van der Waals surface area contributed by atoms with E-state index in [0.29, 0.717) is 12.8 Å². The highest BCUT2D eigenvalue weighted by molar-refractivity contribution is 5.71. The first kappa shape index (κ1) is 64.8. The van der Waals surface area contributed by atoms with Gasteiger partial charge in [0.25, 0.3) is 0 Å². The lowest BCUT2D eigenvalue weighted by Gasteiger charge is -2.18. The van der Waals surface area contributed by atoms with E-state index in [2.05, 4.69) is 142 Å². The topological polar surface area (TPSA) is 78.9 Å². The second kappa shape index (κ2) is 56.4. The molecule has 0 unspecified atom stereocenters. The number of allylic oxidation sites excluding steroid dienone is 20. The zero-order valence-electron chi connectivity index (χ0n) is 44.5. The predicted molar refractivity (Wildman–Crippen MR) is 297 cm³/mol. The highest BCUT2D eigenvalue weighted by atomic mass is 16.6. The first-order valence-electron chi connectivity index (χ1n) is 28.0. The number of hydrogen-bond donors (Lipinski definition) is 0. The summed E-state index contributed by atoms with van der Waals surface area (Å²) < 4.78 is 16.8. The van der Waals surface area contributed by atoms with Crippen molar-refractivity contribution in [1.82, 2.24) is 0 Å². The van der Waals surface area contributed by atoms with Crippen LogP contribution in [-0.2, 0) is 28.6 Å². The van der Waals surface area contributed by atoms with Crippen molar-refractivity contribution in [3.8, 4) is 0 Å². The van der Waals surface area contributed by atoms with Crippen molar-refractivity contribution in [2.45, 2.75) is 245 Å². The average molecular weight is 956 g/mol. The molecule has 0 spiro atoms. The lowest BCUT2D eigenvalue weighted by atomic mass is 10.1. The molecule has 0 bridgehead atoms. The van der Waals surface area contributed by atoms with Crippen molar-refractivity contribution in [2.24, 2.45) is 0 Å². The van der Waals surface area contributed by atoms with Crippen LogP contribution in [0.3, 0.4) is 0 Å². The first-order chi connectivity index (χ1) is 34.0. The largest absolute Gasteiger partial charge is 0.462 e. The molecule has 0 aliphatic carbocycles. The second-order valence-electron chi connectivity index (χ2n) is 18.1. The van der Waals surface area contributed by atoms with Crippen LogP contribution < -0.4 is 0 Å². The molecule has 6 heteroatoms. The van der Waals surface area contributed by atoms with Gasteiger partial charge in [-0.1, -0.05) is 206 Å². The summed E-state index contributed by atoms with van der Waals surface area (Å²) in [6, 6.07) is 0. The molecule has 0 saturated carbocycles. The fourth-order valence-electron chi connectivity index (χ4n) is 7.21. The van der Waals surface area contributed by atoms with Crippen molar-refractivity contribution >= 4 is 17.9 Å². The van der Waals surface area contributed by atoms with E-state index in [9.17, 15) is 14.4 Å². The van der Waals surface area contributed by atoms with Crippen LogP contribution >= 0.6 is 0 Å². The Morgan fingerprint density at radius 1 is 0.304 bits per heavy atom. The molecule has 6 nitrogen and oxygen atoms in total. The number of rotatable bonds is 49. The normalized spacial score (nSPS) is 12.6. The highest BCUT2D eigenvalue weighted by Crippen LogP contribution is 2.12. The Bertz CT molecular complexity index is 1400. The van der Waals surface area contributed by atoms with Gasteiger partial charge < -0.3 is 14.2 Å². The average Bonchev–Trinajstić information content (AvgIpc) is 3.35. The maximum atomic E-state index is 12.8. The summed E-state index contributed by atoms with van der Waals surface area (Å²) in [6.07, 6.45) is 77.5. The minimum atomic E-state index is -0.814. The minimum absolute atomic E-state index is 0.110. The molecule has 0 aromatic rings. The van der Waals surface area contributed by atoms with Crippen molar-refractivity contribution in [1.29, 1.82) is 0 Å². The Labute approximate surface area is 424 Å². The smallest absolute Gasteiger partial charge is 0.306 e. The molecule has 0 aliphatic rings. The zero-order valence-corrected chi connectivity index (χ0v) is 44.5. The van der Waals surface area contributed by atoms with E-state index in [1.807, 2.05) is 0 Å². The van der Waals surface area contributed by atoms with Crippen molar-refractivity contribution in [2.75, 3.05) is 13.2 Å². The molecule has 0 aromatic carbocycles. The van der Waals surface area contributed by atoms with Crippen LogP contribution in [0, 0.1) is 0 Å². The summed E-state index contributed by atoms with van der Waals surface area (Å²) in [6.45, 7) is 6.40. The fourth-order valence-corrected chi connectivity index (χ4v) is 7.21. The molecule has 0 atom stereocenters. The van der Waals surface area contributed by atoms with E-state index in [0.717, 1.165) is 148 Å². The third-order valence-electron chi connectivity index (χ3n) is 11.4. The van der Waals surface area contributed by atoms with Gasteiger partial charge in [0.1, 0.15) is 13.2 Å². The van der Waals surface area contributed by atoms with Gasteiger partial charge in [-0.2, -0.15) is 0 Å².